The summed E-state index contributed by atoms with van der Waals surface area (Å²) in [4.78, 5) is 4.24. The second-order valence-corrected chi connectivity index (χ2v) is 5.95. The van der Waals surface area contributed by atoms with Gasteiger partial charge in [0.2, 0.25) is 0 Å². The van der Waals surface area contributed by atoms with E-state index in [9.17, 15) is 0 Å². The molecule has 0 saturated heterocycles. The lowest BCUT2D eigenvalue weighted by Gasteiger charge is -2.16. The van der Waals surface area contributed by atoms with Crippen LogP contribution in [-0.2, 0) is 6.42 Å². The van der Waals surface area contributed by atoms with Gasteiger partial charge in [-0.3, -0.25) is 0 Å². The van der Waals surface area contributed by atoms with E-state index in [4.69, 9.17) is 11.6 Å². The van der Waals surface area contributed by atoms with Crippen LogP contribution in [0.3, 0.4) is 0 Å². The van der Waals surface area contributed by atoms with E-state index in [1.165, 1.54) is 5.56 Å². The van der Waals surface area contributed by atoms with Crippen molar-refractivity contribution in [1.29, 1.82) is 0 Å². The van der Waals surface area contributed by atoms with Crippen molar-refractivity contribution in [2.75, 3.05) is 5.32 Å². The molecule has 1 aromatic carbocycles. The van der Waals surface area contributed by atoms with Gasteiger partial charge in [-0.15, -0.1) is 0 Å². The Balaban J connectivity index is 2.01. The summed E-state index contributed by atoms with van der Waals surface area (Å²) in [7, 11) is 0. The van der Waals surface area contributed by atoms with Crippen LogP contribution in [0, 0.1) is 6.92 Å². The van der Waals surface area contributed by atoms with E-state index in [2.05, 4.69) is 57.4 Å². The van der Waals surface area contributed by atoms with Crippen LogP contribution in [0.5, 0.6) is 0 Å². The molecule has 19 heavy (non-hydrogen) atoms. The molecule has 4 heteroatoms. The van der Waals surface area contributed by atoms with Crippen molar-refractivity contribution in [2.45, 2.75) is 26.3 Å². The van der Waals surface area contributed by atoms with Crippen molar-refractivity contribution in [2.24, 2.45) is 0 Å². The van der Waals surface area contributed by atoms with Gasteiger partial charge in [-0.1, -0.05) is 39.7 Å². The Morgan fingerprint density at radius 1 is 1.21 bits per heavy atom. The van der Waals surface area contributed by atoms with Crippen LogP contribution in [-0.4, -0.2) is 11.0 Å². The summed E-state index contributed by atoms with van der Waals surface area (Å²) in [6.45, 7) is 4.12. The summed E-state index contributed by atoms with van der Waals surface area (Å²) in [5, 5.41) is 4.00. The molecule has 2 rings (SSSR count). The van der Waals surface area contributed by atoms with Crippen LogP contribution in [0.1, 0.15) is 18.2 Å². The molecule has 1 atom stereocenters. The maximum absolute atomic E-state index is 5.85. The predicted molar refractivity (Wildman–Crippen MR) is 84.9 cm³/mol. The first-order valence-electron chi connectivity index (χ1n) is 6.19. The number of benzene rings is 1. The summed E-state index contributed by atoms with van der Waals surface area (Å²) >= 11 is 9.30. The number of rotatable bonds is 4. The maximum atomic E-state index is 5.85. The molecular weight excluding hydrogens is 324 g/mol. The van der Waals surface area contributed by atoms with Crippen molar-refractivity contribution >= 4 is 33.2 Å². The molecule has 2 nitrogen and oxygen atoms in total. The fourth-order valence-corrected chi connectivity index (χ4v) is 2.43. The molecule has 1 N–H and O–H groups in total. The molecule has 0 amide bonds. The van der Waals surface area contributed by atoms with Gasteiger partial charge in [-0.25, -0.2) is 4.98 Å². The molecule has 100 valence electrons. The topological polar surface area (TPSA) is 24.9 Å². The van der Waals surface area contributed by atoms with Crippen LogP contribution in [0.4, 0.5) is 5.69 Å². The van der Waals surface area contributed by atoms with Crippen LogP contribution < -0.4 is 5.32 Å². The van der Waals surface area contributed by atoms with Gasteiger partial charge in [0, 0.05) is 10.5 Å². The van der Waals surface area contributed by atoms with E-state index in [-0.39, 0.29) is 0 Å². The second-order valence-electron chi connectivity index (χ2n) is 4.64. The number of pyridine rings is 1. The number of hydrogen-bond acceptors (Lipinski definition) is 2. The number of anilines is 1. The minimum absolute atomic E-state index is 0.336. The highest BCUT2D eigenvalue weighted by molar-refractivity contribution is 9.10. The predicted octanol–water partition coefficient (Wildman–Crippen LogP) is 4.85. The van der Waals surface area contributed by atoms with E-state index < -0.39 is 0 Å². The summed E-state index contributed by atoms with van der Waals surface area (Å²) < 4.78 is 1.11. The molecule has 0 bridgehead atoms. The SMILES string of the molecule is Cc1nc(Cl)ccc1NC(C)Cc1ccc(Br)cc1. The molecule has 0 spiro atoms. The van der Waals surface area contributed by atoms with E-state index in [0.717, 1.165) is 22.3 Å². The quantitative estimate of drug-likeness (QED) is 0.806. The van der Waals surface area contributed by atoms with E-state index in [1.807, 2.05) is 19.1 Å². The molecule has 0 aliphatic heterocycles. The Kier molecular flexibility index (Phi) is 4.83. The van der Waals surface area contributed by atoms with Gasteiger partial charge >= 0.3 is 0 Å². The van der Waals surface area contributed by atoms with Crippen LogP contribution >= 0.6 is 27.5 Å². The number of nitrogens with zero attached hydrogens (tertiary/aromatic N) is 1. The first-order chi connectivity index (χ1) is 9.04. The molecule has 0 aliphatic carbocycles. The number of aryl methyl sites for hydroxylation is 1. The Labute approximate surface area is 127 Å². The normalized spacial score (nSPS) is 12.2. The molecule has 1 heterocycles. The Hall–Kier alpha value is -1.06. The fraction of sp³-hybridized carbons (Fsp3) is 0.267. The zero-order valence-electron chi connectivity index (χ0n) is 11.0. The number of halogens is 2. The van der Waals surface area contributed by atoms with E-state index >= 15 is 0 Å². The van der Waals surface area contributed by atoms with Crippen molar-refractivity contribution in [1.82, 2.24) is 4.98 Å². The summed E-state index contributed by atoms with van der Waals surface area (Å²) in [6.07, 6.45) is 0.968. The summed E-state index contributed by atoms with van der Waals surface area (Å²) in [5.74, 6) is 0. The van der Waals surface area contributed by atoms with Gasteiger partial charge in [0.1, 0.15) is 5.15 Å². The average molecular weight is 340 g/mol. The first-order valence-corrected chi connectivity index (χ1v) is 7.36. The third kappa shape index (κ3) is 4.22. The molecule has 0 radical (unpaired) electrons. The lowest BCUT2D eigenvalue weighted by molar-refractivity contribution is 0.787. The molecule has 0 aliphatic rings. The highest BCUT2D eigenvalue weighted by Gasteiger charge is 2.06. The van der Waals surface area contributed by atoms with Crippen molar-refractivity contribution in [3.05, 3.63) is 57.3 Å². The highest BCUT2D eigenvalue weighted by Crippen LogP contribution is 2.18. The van der Waals surface area contributed by atoms with Gasteiger partial charge < -0.3 is 5.32 Å². The largest absolute Gasteiger partial charge is 0.381 e. The fourth-order valence-electron chi connectivity index (χ4n) is 1.97. The molecule has 0 fully saturated rings. The highest BCUT2D eigenvalue weighted by atomic mass is 79.9. The van der Waals surface area contributed by atoms with Crippen molar-refractivity contribution in [3.63, 3.8) is 0 Å². The number of aromatic nitrogens is 1. The van der Waals surface area contributed by atoms with Gasteiger partial charge in [0.25, 0.3) is 0 Å². The maximum Gasteiger partial charge on any atom is 0.129 e. The van der Waals surface area contributed by atoms with Crippen molar-refractivity contribution in [3.8, 4) is 0 Å². The molecule has 1 aromatic heterocycles. The first kappa shape index (κ1) is 14.4. The number of hydrogen-bond donors (Lipinski definition) is 1. The monoisotopic (exact) mass is 338 g/mol. The second kappa shape index (κ2) is 6.40. The minimum Gasteiger partial charge on any atom is -0.381 e. The Bertz CT molecular complexity index is 555. The van der Waals surface area contributed by atoms with Gasteiger partial charge in [0.05, 0.1) is 11.4 Å². The van der Waals surface area contributed by atoms with Crippen LogP contribution in [0.2, 0.25) is 5.15 Å². The molecule has 0 saturated carbocycles. The molecule has 2 aromatic rings. The standard InChI is InChI=1S/C15H16BrClN2/c1-10(9-12-3-5-13(16)6-4-12)18-14-7-8-15(17)19-11(14)2/h3-8,10,18H,9H2,1-2H3. The smallest absolute Gasteiger partial charge is 0.129 e. The van der Waals surface area contributed by atoms with Gasteiger partial charge in [-0.05, 0) is 50.1 Å². The lowest BCUT2D eigenvalue weighted by Crippen LogP contribution is -2.18. The Morgan fingerprint density at radius 3 is 2.53 bits per heavy atom. The third-order valence-electron chi connectivity index (χ3n) is 2.91. The van der Waals surface area contributed by atoms with Crippen molar-refractivity contribution < 1.29 is 0 Å². The molecule has 1 unspecified atom stereocenters. The third-order valence-corrected chi connectivity index (χ3v) is 3.65. The van der Waals surface area contributed by atoms with Gasteiger partial charge in [-0.2, -0.15) is 0 Å². The molecular formula is C15H16BrClN2. The average Bonchev–Trinajstić information content (AvgIpc) is 2.36. The zero-order chi connectivity index (χ0) is 13.8. The Morgan fingerprint density at radius 2 is 1.89 bits per heavy atom. The number of nitrogens with one attached hydrogen (secondary N) is 1. The summed E-state index contributed by atoms with van der Waals surface area (Å²) in [6, 6.07) is 12.5. The van der Waals surface area contributed by atoms with Gasteiger partial charge in [0.15, 0.2) is 0 Å². The van der Waals surface area contributed by atoms with E-state index in [0.29, 0.717) is 11.2 Å². The zero-order valence-corrected chi connectivity index (χ0v) is 13.3. The summed E-state index contributed by atoms with van der Waals surface area (Å²) in [5.41, 5.74) is 3.27. The minimum atomic E-state index is 0.336. The van der Waals surface area contributed by atoms with E-state index in [1.54, 1.807) is 0 Å². The van der Waals surface area contributed by atoms with Crippen LogP contribution in [0.25, 0.3) is 0 Å². The lowest BCUT2D eigenvalue weighted by atomic mass is 10.1. The van der Waals surface area contributed by atoms with Crippen LogP contribution in [0.15, 0.2) is 40.9 Å².